The van der Waals surface area contributed by atoms with E-state index >= 15 is 0 Å². The Morgan fingerprint density at radius 2 is 1.84 bits per heavy atom. The van der Waals surface area contributed by atoms with E-state index < -0.39 is 5.25 Å². The van der Waals surface area contributed by atoms with Crippen LogP contribution in [-0.4, -0.2) is 42.0 Å². The number of thioether (sulfide) groups is 1. The molecule has 0 aliphatic carbocycles. The third kappa shape index (κ3) is 6.11. The summed E-state index contributed by atoms with van der Waals surface area (Å²) in [7, 11) is 0. The van der Waals surface area contributed by atoms with Crippen LogP contribution >= 0.6 is 23.1 Å². The van der Waals surface area contributed by atoms with E-state index in [-0.39, 0.29) is 18.2 Å². The van der Waals surface area contributed by atoms with Gasteiger partial charge in [0.2, 0.25) is 16.9 Å². The zero-order valence-corrected chi connectivity index (χ0v) is 19.5. The summed E-state index contributed by atoms with van der Waals surface area (Å²) in [6.07, 6.45) is 0.873. The molecule has 0 radical (unpaired) electrons. The van der Waals surface area contributed by atoms with Gasteiger partial charge in [0.25, 0.3) is 0 Å². The summed E-state index contributed by atoms with van der Waals surface area (Å²) in [6, 6.07) is 7.61. The van der Waals surface area contributed by atoms with E-state index in [1.165, 1.54) is 23.1 Å². The van der Waals surface area contributed by atoms with Crippen molar-refractivity contribution >= 4 is 45.7 Å². The highest BCUT2D eigenvalue weighted by atomic mass is 32.2. The van der Waals surface area contributed by atoms with Gasteiger partial charge in [0.05, 0.1) is 11.7 Å². The van der Waals surface area contributed by atoms with Gasteiger partial charge in [-0.3, -0.25) is 14.9 Å². The van der Waals surface area contributed by atoms with Gasteiger partial charge in [-0.1, -0.05) is 47.7 Å². The molecule has 9 nitrogen and oxygen atoms in total. The van der Waals surface area contributed by atoms with Crippen molar-refractivity contribution in [1.29, 1.82) is 0 Å². The van der Waals surface area contributed by atoms with Gasteiger partial charge in [-0.2, -0.15) is 0 Å². The van der Waals surface area contributed by atoms with Gasteiger partial charge < -0.3 is 9.88 Å². The Balaban J connectivity index is 1.61. The van der Waals surface area contributed by atoms with Gasteiger partial charge >= 0.3 is 0 Å². The largest absolute Gasteiger partial charge is 0.326 e. The van der Waals surface area contributed by atoms with E-state index in [4.69, 9.17) is 0 Å². The van der Waals surface area contributed by atoms with Crippen molar-refractivity contribution in [2.45, 2.75) is 57.5 Å². The fourth-order valence-electron chi connectivity index (χ4n) is 2.71. The van der Waals surface area contributed by atoms with Crippen LogP contribution in [0.25, 0.3) is 0 Å². The topological polar surface area (TPSA) is 115 Å². The normalized spacial score (nSPS) is 11.9. The highest BCUT2D eigenvalue weighted by Gasteiger charge is 2.21. The smallest absolute Gasteiger partial charge is 0.239 e. The maximum Gasteiger partial charge on any atom is 0.239 e. The molecule has 3 rings (SSSR count). The molecule has 0 saturated heterocycles. The standard InChI is InChI=1S/C20H25N7O2S2/c1-5-17-24-25-19(31-17)22-18(29)13(4)30-20-26-23-15(27(20)6-2)11-16(28)21-14-9-7-12(3)8-10-14/h7-10,13H,5-6,11H2,1-4H3,(H,21,28)(H,22,25,29)/t13-/m0/s1. The first kappa shape index (κ1) is 22.9. The van der Waals surface area contributed by atoms with Gasteiger partial charge in [0.15, 0.2) is 5.16 Å². The second kappa shape index (κ2) is 10.5. The first-order valence-electron chi connectivity index (χ1n) is 9.98. The van der Waals surface area contributed by atoms with Crippen LogP contribution in [0.1, 0.15) is 37.2 Å². The molecule has 0 unspecified atom stereocenters. The molecule has 3 aromatic rings. The molecule has 31 heavy (non-hydrogen) atoms. The molecule has 0 spiro atoms. The lowest BCUT2D eigenvalue weighted by molar-refractivity contribution is -0.116. The molecule has 11 heteroatoms. The lowest BCUT2D eigenvalue weighted by atomic mass is 10.2. The molecule has 0 fully saturated rings. The molecule has 1 aromatic carbocycles. The van der Waals surface area contributed by atoms with E-state index in [0.29, 0.717) is 22.7 Å². The lowest BCUT2D eigenvalue weighted by Crippen LogP contribution is -2.23. The number of aryl methyl sites for hydroxylation is 2. The molecule has 164 valence electrons. The Hall–Kier alpha value is -2.79. The van der Waals surface area contributed by atoms with E-state index in [2.05, 4.69) is 31.0 Å². The van der Waals surface area contributed by atoms with E-state index in [0.717, 1.165) is 22.7 Å². The number of nitrogens with one attached hydrogen (secondary N) is 2. The monoisotopic (exact) mass is 459 g/mol. The van der Waals surface area contributed by atoms with Crippen molar-refractivity contribution in [2.24, 2.45) is 0 Å². The minimum Gasteiger partial charge on any atom is -0.326 e. The van der Waals surface area contributed by atoms with Crippen molar-refractivity contribution < 1.29 is 9.59 Å². The predicted octanol–water partition coefficient (Wildman–Crippen LogP) is 3.32. The molecule has 1 atom stereocenters. The predicted molar refractivity (Wildman–Crippen MR) is 122 cm³/mol. The molecule has 2 N–H and O–H groups in total. The molecule has 0 saturated carbocycles. The number of anilines is 2. The number of amides is 2. The Morgan fingerprint density at radius 1 is 1.10 bits per heavy atom. The fraction of sp³-hybridized carbons (Fsp3) is 0.400. The van der Waals surface area contributed by atoms with Crippen LogP contribution in [0.15, 0.2) is 29.4 Å². The first-order chi connectivity index (χ1) is 14.9. The summed E-state index contributed by atoms with van der Waals surface area (Å²) >= 11 is 2.65. The maximum atomic E-state index is 12.5. The molecular formula is C20H25N7O2S2. The lowest BCUT2D eigenvalue weighted by Gasteiger charge is -2.11. The quantitative estimate of drug-likeness (QED) is 0.472. The number of benzene rings is 1. The molecule has 2 amide bonds. The Labute approximate surface area is 189 Å². The number of hydrogen-bond acceptors (Lipinski definition) is 8. The van der Waals surface area contributed by atoms with Gasteiger partial charge in [-0.05, 0) is 39.3 Å². The second-order valence-corrected chi connectivity index (χ2v) is 9.21. The van der Waals surface area contributed by atoms with Gasteiger partial charge in [0.1, 0.15) is 10.8 Å². The minimum absolute atomic E-state index is 0.0977. The SMILES string of the molecule is CCc1nnc(NC(=O)[C@H](C)Sc2nnc(CC(=O)Nc3ccc(C)cc3)n2CC)s1. The van der Waals surface area contributed by atoms with Crippen molar-refractivity contribution in [3.05, 3.63) is 40.7 Å². The molecule has 0 aliphatic heterocycles. The number of nitrogens with zero attached hydrogens (tertiary/aromatic N) is 5. The third-order valence-corrected chi connectivity index (χ3v) is 6.48. The zero-order valence-electron chi connectivity index (χ0n) is 17.9. The van der Waals surface area contributed by atoms with E-state index in [1.807, 2.05) is 49.6 Å². The minimum atomic E-state index is -0.419. The summed E-state index contributed by atoms with van der Waals surface area (Å²) in [6.45, 7) is 8.31. The molecule has 2 aromatic heterocycles. The van der Waals surface area contributed by atoms with Crippen molar-refractivity contribution in [2.75, 3.05) is 10.6 Å². The number of rotatable bonds is 9. The summed E-state index contributed by atoms with van der Waals surface area (Å²) in [5.74, 6) is 0.198. The van der Waals surface area contributed by atoms with Crippen LogP contribution < -0.4 is 10.6 Å². The van der Waals surface area contributed by atoms with Crippen LogP contribution in [-0.2, 0) is 29.0 Å². The van der Waals surface area contributed by atoms with Gasteiger partial charge in [0, 0.05) is 12.2 Å². The van der Waals surface area contributed by atoms with Crippen LogP contribution in [0, 0.1) is 6.92 Å². The number of carbonyl (C=O) groups excluding carboxylic acids is 2. The summed E-state index contributed by atoms with van der Waals surface area (Å²) in [4.78, 5) is 24.9. The molecule has 2 heterocycles. The Morgan fingerprint density at radius 3 is 2.48 bits per heavy atom. The Bertz CT molecular complexity index is 1050. The zero-order chi connectivity index (χ0) is 22.4. The van der Waals surface area contributed by atoms with Gasteiger partial charge in [-0.15, -0.1) is 20.4 Å². The van der Waals surface area contributed by atoms with Crippen molar-refractivity contribution in [3.8, 4) is 0 Å². The number of aromatic nitrogens is 5. The van der Waals surface area contributed by atoms with Crippen LogP contribution in [0.3, 0.4) is 0 Å². The summed E-state index contributed by atoms with van der Waals surface area (Å²) in [5.41, 5.74) is 1.86. The highest BCUT2D eigenvalue weighted by Crippen LogP contribution is 2.24. The van der Waals surface area contributed by atoms with Crippen LogP contribution in [0.2, 0.25) is 0 Å². The molecule has 0 bridgehead atoms. The summed E-state index contributed by atoms with van der Waals surface area (Å²) < 4.78 is 1.85. The van der Waals surface area contributed by atoms with Crippen LogP contribution in [0.4, 0.5) is 10.8 Å². The highest BCUT2D eigenvalue weighted by molar-refractivity contribution is 8.00. The van der Waals surface area contributed by atoms with Gasteiger partial charge in [-0.25, -0.2) is 0 Å². The summed E-state index contributed by atoms with van der Waals surface area (Å²) in [5, 5.41) is 23.5. The van der Waals surface area contributed by atoms with E-state index in [1.54, 1.807) is 6.92 Å². The van der Waals surface area contributed by atoms with Crippen LogP contribution in [0.5, 0.6) is 0 Å². The van der Waals surface area contributed by atoms with Crippen molar-refractivity contribution in [1.82, 2.24) is 25.0 Å². The second-order valence-electron chi connectivity index (χ2n) is 6.84. The van der Waals surface area contributed by atoms with E-state index in [9.17, 15) is 9.59 Å². The third-order valence-electron chi connectivity index (χ3n) is 4.41. The molecular weight excluding hydrogens is 434 g/mol. The molecule has 0 aliphatic rings. The van der Waals surface area contributed by atoms with Crippen molar-refractivity contribution in [3.63, 3.8) is 0 Å². The first-order valence-corrected chi connectivity index (χ1v) is 11.7. The number of hydrogen-bond donors (Lipinski definition) is 2. The average molecular weight is 460 g/mol. The number of carbonyl (C=O) groups is 2. The fourth-order valence-corrected chi connectivity index (χ4v) is 4.32. The maximum absolute atomic E-state index is 12.5. The Kier molecular flexibility index (Phi) is 7.75. The average Bonchev–Trinajstić information content (AvgIpc) is 3.36.